The fourth-order valence-electron chi connectivity index (χ4n) is 3.77. The Morgan fingerprint density at radius 2 is 1.97 bits per heavy atom. The first-order chi connectivity index (χ1) is 13.8. The minimum absolute atomic E-state index is 0.204. The van der Waals surface area contributed by atoms with E-state index in [1.165, 1.54) is 19.1 Å². The molecule has 1 aliphatic heterocycles. The summed E-state index contributed by atoms with van der Waals surface area (Å²) in [4.78, 5) is 51.9. The number of rotatable bonds is 6. The molecule has 3 rings (SSSR count). The van der Waals surface area contributed by atoms with Crippen molar-refractivity contribution in [3.05, 3.63) is 24.3 Å². The van der Waals surface area contributed by atoms with Gasteiger partial charge in [-0.05, 0) is 25.0 Å². The third kappa shape index (κ3) is 4.49. The zero-order valence-electron chi connectivity index (χ0n) is 16.7. The lowest BCUT2D eigenvalue weighted by Crippen LogP contribution is -2.49. The fourth-order valence-corrected chi connectivity index (χ4v) is 3.77. The molecule has 9 heteroatoms. The summed E-state index contributed by atoms with van der Waals surface area (Å²) < 4.78 is 5.11. The molecular weight excluding hydrogens is 376 g/mol. The summed E-state index contributed by atoms with van der Waals surface area (Å²) in [7, 11) is 2.99. The number of carbonyl (C=O) groups is 4. The van der Waals surface area contributed by atoms with Crippen molar-refractivity contribution < 1.29 is 23.9 Å². The highest BCUT2D eigenvalue weighted by Crippen LogP contribution is 2.33. The number of nitrogens with one attached hydrogen (secondary N) is 2. The summed E-state index contributed by atoms with van der Waals surface area (Å²) in [6, 6.07) is 6.32. The fraction of sp³-hybridized carbons (Fsp3) is 0.500. The minimum Gasteiger partial charge on any atom is -0.497 e. The smallest absolute Gasteiger partial charge is 0.325 e. The highest BCUT2D eigenvalue weighted by atomic mass is 16.5. The van der Waals surface area contributed by atoms with Gasteiger partial charge in [0.1, 0.15) is 17.8 Å². The molecule has 1 spiro atoms. The van der Waals surface area contributed by atoms with Gasteiger partial charge in [0.15, 0.2) is 0 Å². The molecule has 0 atom stereocenters. The van der Waals surface area contributed by atoms with E-state index in [0.29, 0.717) is 24.3 Å². The second-order valence-electron chi connectivity index (χ2n) is 7.49. The van der Waals surface area contributed by atoms with Gasteiger partial charge in [-0.2, -0.15) is 0 Å². The maximum atomic E-state index is 12.8. The molecule has 2 aliphatic rings. The number of imide groups is 1. The number of carbonyl (C=O) groups excluding carboxylic acids is 4. The second kappa shape index (κ2) is 8.50. The Kier molecular flexibility index (Phi) is 6.05. The van der Waals surface area contributed by atoms with Gasteiger partial charge in [-0.25, -0.2) is 4.79 Å². The zero-order valence-corrected chi connectivity index (χ0v) is 16.7. The molecule has 5 amide bonds. The van der Waals surface area contributed by atoms with Crippen LogP contribution in [0.25, 0.3) is 0 Å². The Labute approximate surface area is 169 Å². The Morgan fingerprint density at radius 3 is 2.66 bits per heavy atom. The Hall–Kier alpha value is -3.10. The van der Waals surface area contributed by atoms with Gasteiger partial charge in [0.05, 0.1) is 13.7 Å². The van der Waals surface area contributed by atoms with Crippen molar-refractivity contribution in [3.8, 4) is 5.75 Å². The second-order valence-corrected chi connectivity index (χ2v) is 7.49. The molecule has 0 bridgehead atoms. The standard InChI is InChI=1S/C20H26N4O5/c1-23(12-16(25)21-14-7-6-8-15(11-14)29-2)17(26)13-24-18(27)20(22-19(24)28)9-4-3-5-10-20/h6-8,11H,3-5,9-10,12-13H2,1-2H3,(H,21,25)(H,22,28). The van der Waals surface area contributed by atoms with Crippen LogP contribution in [0, 0.1) is 0 Å². The highest BCUT2D eigenvalue weighted by Gasteiger charge is 2.51. The van der Waals surface area contributed by atoms with Crippen molar-refractivity contribution in [1.29, 1.82) is 0 Å². The number of nitrogens with zero attached hydrogens (tertiary/aromatic N) is 2. The van der Waals surface area contributed by atoms with E-state index in [1.807, 2.05) is 0 Å². The number of benzene rings is 1. The van der Waals surface area contributed by atoms with Gasteiger partial charge in [0, 0.05) is 18.8 Å². The number of hydrogen-bond donors (Lipinski definition) is 2. The topological polar surface area (TPSA) is 108 Å². The summed E-state index contributed by atoms with van der Waals surface area (Å²) in [5.74, 6) is -0.621. The van der Waals surface area contributed by atoms with Gasteiger partial charge in [0.2, 0.25) is 11.8 Å². The van der Waals surface area contributed by atoms with Crippen molar-refractivity contribution in [2.75, 3.05) is 32.6 Å². The average Bonchev–Trinajstić information content (AvgIpc) is 2.92. The molecule has 0 aromatic heterocycles. The van der Waals surface area contributed by atoms with Crippen LogP contribution < -0.4 is 15.4 Å². The van der Waals surface area contributed by atoms with E-state index in [2.05, 4.69) is 10.6 Å². The normalized spacial score (nSPS) is 17.8. The molecule has 1 saturated heterocycles. The quantitative estimate of drug-likeness (QED) is 0.699. The van der Waals surface area contributed by atoms with Gasteiger partial charge >= 0.3 is 6.03 Å². The van der Waals surface area contributed by atoms with E-state index in [1.54, 1.807) is 24.3 Å². The van der Waals surface area contributed by atoms with Crippen LogP contribution in [-0.4, -0.2) is 66.3 Å². The molecule has 2 fully saturated rings. The first-order valence-electron chi connectivity index (χ1n) is 9.66. The molecule has 1 aromatic rings. The first kappa shape index (κ1) is 20.6. The number of anilines is 1. The number of amides is 5. The van der Waals surface area contributed by atoms with Crippen LogP contribution in [0.4, 0.5) is 10.5 Å². The summed E-state index contributed by atoms with van der Waals surface area (Å²) >= 11 is 0. The third-order valence-corrected chi connectivity index (χ3v) is 5.41. The zero-order chi connectivity index (χ0) is 21.0. The number of urea groups is 1. The lowest BCUT2D eigenvalue weighted by atomic mass is 9.82. The maximum absolute atomic E-state index is 12.8. The van der Waals surface area contributed by atoms with E-state index in [-0.39, 0.29) is 19.0 Å². The summed E-state index contributed by atoms with van der Waals surface area (Å²) in [6.07, 6.45) is 3.98. The average molecular weight is 402 g/mol. The van der Waals surface area contributed by atoms with E-state index >= 15 is 0 Å². The van der Waals surface area contributed by atoms with E-state index in [0.717, 1.165) is 24.2 Å². The molecule has 1 aromatic carbocycles. The van der Waals surface area contributed by atoms with Crippen molar-refractivity contribution in [1.82, 2.24) is 15.1 Å². The molecule has 9 nitrogen and oxygen atoms in total. The van der Waals surface area contributed by atoms with Crippen molar-refractivity contribution in [3.63, 3.8) is 0 Å². The minimum atomic E-state index is -0.863. The molecule has 1 saturated carbocycles. The Bertz CT molecular complexity index is 819. The van der Waals surface area contributed by atoms with Crippen LogP contribution in [-0.2, 0) is 14.4 Å². The van der Waals surface area contributed by atoms with Gasteiger partial charge in [-0.3, -0.25) is 19.3 Å². The predicted molar refractivity (Wildman–Crippen MR) is 105 cm³/mol. The van der Waals surface area contributed by atoms with Gasteiger partial charge < -0.3 is 20.3 Å². The van der Waals surface area contributed by atoms with Crippen molar-refractivity contribution >= 4 is 29.4 Å². The number of likely N-dealkylation sites (N-methyl/N-ethyl adjacent to an activating group) is 1. The van der Waals surface area contributed by atoms with Crippen LogP contribution in [0.3, 0.4) is 0 Å². The largest absolute Gasteiger partial charge is 0.497 e. The van der Waals surface area contributed by atoms with Crippen LogP contribution in [0.5, 0.6) is 5.75 Å². The molecule has 1 aliphatic carbocycles. The molecule has 0 radical (unpaired) electrons. The Morgan fingerprint density at radius 1 is 1.24 bits per heavy atom. The molecular formula is C20H26N4O5. The molecule has 29 heavy (non-hydrogen) atoms. The first-order valence-corrected chi connectivity index (χ1v) is 9.66. The third-order valence-electron chi connectivity index (χ3n) is 5.41. The maximum Gasteiger partial charge on any atom is 0.325 e. The van der Waals surface area contributed by atoms with Crippen LogP contribution in [0.2, 0.25) is 0 Å². The van der Waals surface area contributed by atoms with E-state index in [9.17, 15) is 19.2 Å². The van der Waals surface area contributed by atoms with Crippen molar-refractivity contribution in [2.45, 2.75) is 37.6 Å². The van der Waals surface area contributed by atoms with E-state index < -0.39 is 23.4 Å². The predicted octanol–water partition coefficient (Wildman–Crippen LogP) is 1.35. The summed E-state index contributed by atoms with van der Waals surface area (Å²) in [6.45, 7) is -0.583. The molecule has 0 unspecified atom stereocenters. The van der Waals surface area contributed by atoms with Gasteiger partial charge in [-0.15, -0.1) is 0 Å². The molecule has 1 heterocycles. The Balaban J connectivity index is 1.55. The summed E-state index contributed by atoms with van der Waals surface area (Å²) in [5.41, 5.74) is -0.318. The van der Waals surface area contributed by atoms with E-state index in [4.69, 9.17) is 4.74 Å². The highest BCUT2D eigenvalue weighted by molar-refractivity contribution is 6.09. The summed E-state index contributed by atoms with van der Waals surface area (Å²) in [5, 5.41) is 5.46. The lowest BCUT2D eigenvalue weighted by Gasteiger charge is -2.30. The number of hydrogen-bond acceptors (Lipinski definition) is 5. The SMILES string of the molecule is COc1cccc(NC(=O)CN(C)C(=O)CN2C(=O)NC3(CCCCC3)C2=O)c1. The van der Waals surface area contributed by atoms with Crippen molar-refractivity contribution in [2.24, 2.45) is 0 Å². The van der Waals surface area contributed by atoms with Gasteiger partial charge in [-0.1, -0.05) is 25.3 Å². The number of ether oxygens (including phenoxy) is 1. The monoisotopic (exact) mass is 402 g/mol. The molecule has 2 N–H and O–H groups in total. The molecule has 156 valence electrons. The van der Waals surface area contributed by atoms with Crippen LogP contribution in [0.15, 0.2) is 24.3 Å². The lowest BCUT2D eigenvalue weighted by molar-refractivity contribution is -0.139. The number of methoxy groups -OCH3 is 1. The van der Waals surface area contributed by atoms with Crippen LogP contribution in [0.1, 0.15) is 32.1 Å². The van der Waals surface area contributed by atoms with Crippen LogP contribution >= 0.6 is 0 Å². The van der Waals surface area contributed by atoms with Gasteiger partial charge in [0.25, 0.3) is 5.91 Å².